The number of nitrogens with one attached hydrogen (secondary N) is 1. The van der Waals surface area contributed by atoms with Crippen molar-refractivity contribution in [3.05, 3.63) is 11.6 Å². The summed E-state index contributed by atoms with van der Waals surface area (Å²) in [7, 11) is 0. The molecule has 0 aromatic rings. The number of hydrogen-bond donors (Lipinski definition) is 2. The van der Waals surface area contributed by atoms with Crippen molar-refractivity contribution in [3.8, 4) is 0 Å². The first-order valence-corrected chi connectivity index (χ1v) is 6.63. The summed E-state index contributed by atoms with van der Waals surface area (Å²) in [4.78, 5) is 34.1. The Bertz CT molecular complexity index is 384. The highest BCUT2D eigenvalue weighted by atomic mass is 16.3. The van der Waals surface area contributed by atoms with Crippen LogP contribution in [-0.2, 0) is 14.4 Å². The van der Waals surface area contributed by atoms with Gasteiger partial charge in [-0.25, -0.2) is 0 Å². The molecule has 2 amide bonds. The van der Waals surface area contributed by atoms with Gasteiger partial charge in [-0.05, 0) is 31.3 Å². The maximum absolute atomic E-state index is 11.7. The lowest BCUT2D eigenvalue weighted by molar-refractivity contribution is -0.135. The summed E-state index contributed by atoms with van der Waals surface area (Å²) in [6.45, 7) is 3.68. The predicted molar refractivity (Wildman–Crippen MR) is 70.2 cm³/mol. The van der Waals surface area contributed by atoms with Crippen LogP contribution in [0.15, 0.2) is 11.6 Å². The Kier molecular flexibility index (Phi) is 5.89. The van der Waals surface area contributed by atoms with Gasteiger partial charge >= 0.3 is 0 Å². The van der Waals surface area contributed by atoms with E-state index in [-0.39, 0.29) is 42.8 Å². The highest BCUT2D eigenvalue weighted by molar-refractivity contribution is 5.97. The highest BCUT2D eigenvalue weighted by Gasteiger charge is 2.27. The van der Waals surface area contributed by atoms with E-state index in [4.69, 9.17) is 0 Å². The molecule has 0 aliphatic carbocycles. The van der Waals surface area contributed by atoms with Gasteiger partial charge in [0.2, 0.25) is 11.8 Å². The molecule has 1 heterocycles. The number of allylic oxidation sites excluding steroid dienone is 2. The SMILES string of the molecule is CCC=C(C)C(=O)CC(O)CC1CC(=O)NC(=O)C1. The van der Waals surface area contributed by atoms with Crippen LogP contribution in [0.3, 0.4) is 0 Å². The lowest BCUT2D eigenvalue weighted by Crippen LogP contribution is -2.39. The number of hydrogen-bond acceptors (Lipinski definition) is 4. The molecule has 0 aromatic heterocycles. The van der Waals surface area contributed by atoms with Gasteiger partial charge in [-0.15, -0.1) is 0 Å². The van der Waals surface area contributed by atoms with Crippen molar-refractivity contribution in [2.45, 2.75) is 52.1 Å². The van der Waals surface area contributed by atoms with Crippen LogP contribution in [-0.4, -0.2) is 28.8 Å². The van der Waals surface area contributed by atoms with Gasteiger partial charge < -0.3 is 5.11 Å². The molecule has 5 nitrogen and oxygen atoms in total. The molecular weight excluding hydrogens is 246 g/mol. The summed E-state index contributed by atoms with van der Waals surface area (Å²) < 4.78 is 0. The van der Waals surface area contributed by atoms with Crippen molar-refractivity contribution in [1.82, 2.24) is 5.32 Å². The summed E-state index contributed by atoms with van der Waals surface area (Å²) >= 11 is 0. The van der Waals surface area contributed by atoms with Crippen molar-refractivity contribution in [1.29, 1.82) is 0 Å². The van der Waals surface area contributed by atoms with E-state index in [1.54, 1.807) is 6.92 Å². The van der Waals surface area contributed by atoms with Gasteiger partial charge in [0.15, 0.2) is 5.78 Å². The zero-order valence-electron chi connectivity index (χ0n) is 11.4. The Morgan fingerprint density at radius 1 is 1.42 bits per heavy atom. The van der Waals surface area contributed by atoms with Gasteiger partial charge in [0.25, 0.3) is 0 Å². The van der Waals surface area contributed by atoms with Crippen molar-refractivity contribution in [2.24, 2.45) is 5.92 Å². The number of piperidine rings is 1. The molecule has 1 aliphatic heterocycles. The molecule has 5 heteroatoms. The van der Waals surface area contributed by atoms with Crippen LogP contribution in [0.1, 0.15) is 46.0 Å². The number of carbonyl (C=O) groups is 3. The number of carbonyl (C=O) groups excluding carboxylic acids is 3. The van der Waals surface area contributed by atoms with E-state index in [1.807, 2.05) is 13.0 Å². The zero-order chi connectivity index (χ0) is 14.4. The summed E-state index contributed by atoms with van der Waals surface area (Å²) in [6, 6.07) is 0. The molecule has 0 aromatic carbocycles. The molecule has 19 heavy (non-hydrogen) atoms. The third-order valence-corrected chi connectivity index (χ3v) is 3.20. The molecule has 1 unspecified atom stereocenters. The van der Waals surface area contributed by atoms with E-state index in [0.29, 0.717) is 12.0 Å². The van der Waals surface area contributed by atoms with E-state index in [1.165, 1.54) is 0 Å². The molecule has 0 saturated carbocycles. The number of ketones is 1. The Hall–Kier alpha value is -1.49. The fourth-order valence-corrected chi connectivity index (χ4v) is 2.28. The maximum atomic E-state index is 11.7. The van der Waals surface area contributed by atoms with E-state index < -0.39 is 6.10 Å². The normalized spacial score (nSPS) is 19.2. The average molecular weight is 267 g/mol. The van der Waals surface area contributed by atoms with Crippen LogP contribution < -0.4 is 5.32 Å². The summed E-state index contributed by atoms with van der Waals surface area (Å²) in [5, 5.41) is 12.1. The van der Waals surface area contributed by atoms with Gasteiger partial charge in [0.05, 0.1) is 6.10 Å². The Labute approximate surface area is 113 Å². The maximum Gasteiger partial charge on any atom is 0.226 e. The fraction of sp³-hybridized carbons (Fsp3) is 0.643. The van der Waals surface area contributed by atoms with E-state index in [9.17, 15) is 19.5 Å². The quantitative estimate of drug-likeness (QED) is 0.557. The van der Waals surface area contributed by atoms with Crippen molar-refractivity contribution >= 4 is 17.6 Å². The standard InChI is InChI=1S/C14H21NO4/c1-3-4-9(2)12(17)8-11(16)5-10-6-13(18)15-14(19)7-10/h4,10-11,16H,3,5-8H2,1-2H3,(H,15,18,19). The summed E-state index contributed by atoms with van der Waals surface area (Å²) in [5.74, 6) is -0.857. The van der Waals surface area contributed by atoms with Crippen LogP contribution >= 0.6 is 0 Å². The van der Waals surface area contributed by atoms with Gasteiger partial charge in [0, 0.05) is 19.3 Å². The summed E-state index contributed by atoms with van der Waals surface area (Å²) in [6.07, 6.45) is 2.65. The molecule has 2 N–H and O–H groups in total. The topological polar surface area (TPSA) is 83.5 Å². The van der Waals surface area contributed by atoms with Gasteiger partial charge in [-0.2, -0.15) is 0 Å². The predicted octanol–water partition coefficient (Wildman–Crippen LogP) is 1.11. The lowest BCUT2D eigenvalue weighted by atomic mass is 9.89. The first kappa shape index (κ1) is 15.6. The zero-order valence-corrected chi connectivity index (χ0v) is 11.4. The number of aliphatic hydroxyl groups excluding tert-OH is 1. The largest absolute Gasteiger partial charge is 0.393 e. The van der Waals surface area contributed by atoms with Crippen LogP contribution in [0.25, 0.3) is 0 Å². The molecule has 0 spiro atoms. The Morgan fingerprint density at radius 2 is 2.00 bits per heavy atom. The van der Waals surface area contributed by atoms with Crippen LogP contribution in [0.2, 0.25) is 0 Å². The fourth-order valence-electron chi connectivity index (χ4n) is 2.28. The first-order valence-electron chi connectivity index (χ1n) is 6.63. The van der Waals surface area contributed by atoms with E-state index in [2.05, 4.69) is 5.32 Å². The van der Waals surface area contributed by atoms with Crippen molar-refractivity contribution in [2.75, 3.05) is 0 Å². The van der Waals surface area contributed by atoms with Crippen LogP contribution in [0.5, 0.6) is 0 Å². The second-order valence-electron chi connectivity index (χ2n) is 5.06. The molecular formula is C14H21NO4. The van der Waals surface area contributed by atoms with Crippen molar-refractivity contribution < 1.29 is 19.5 Å². The minimum absolute atomic E-state index is 0.0502. The Morgan fingerprint density at radius 3 is 2.53 bits per heavy atom. The second-order valence-corrected chi connectivity index (χ2v) is 5.06. The molecule has 1 atom stereocenters. The van der Waals surface area contributed by atoms with Crippen LogP contribution in [0, 0.1) is 5.92 Å². The van der Waals surface area contributed by atoms with Gasteiger partial charge in [0.1, 0.15) is 0 Å². The Balaban J connectivity index is 2.44. The molecule has 1 aliphatic rings. The smallest absolute Gasteiger partial charge is 0.226 e. The van der Waals surface area contributed by atoms with Gasteiger partial charge in [-0.3, -0.25) is 19.7 Å². The number of rotatable bonds is 6. The minimum Gasteiger partial charge on any atom is -0.393 e. The van der Waals surface area contributed by atoms with Crippen LogP contribution in [0.4, 0.5) is 0 Å². The molecule has 0 bridgehead atoms. The third kappa shape index (κ3) is 5.34. The van der Waals surface area contributed by atoms with E-state index >= 15 is 0 Å². The lowest BCUT2D eigenvalue weighted by Gasteiger charge is -2.22. The molecule has 0 radical (unpaired) electrons. The minimum atomic E-state index is -0.795. The highest BCUT2D eigenvalue weighted by Crippen LogP contribution is 2.21. The van der Waals surface area contributed by atoms with Gasteiger partial charge in [-0.1, -0.05) is 13.0 Å². The molecule has 1 rings (SSSR count). The van der Waals surface area contributed by atoms with Crippen molar-refractivity contribution in [3.63, 3.8) is 0 Å². The monoisotopic (exact) mass is 267 g/mol. The number of Topliss-reactive ketones (excluding diaryl/α,β-unsaturated/α-hetero) is 1. The second kappa shape index (κ2) is 7.19. The number of aliphatic hydroxyl groups is 1. The molecule has 1 saturated heterocycles. The summed E-state index contributed by atoms with van der Waals surface area (Å²) in [5.41, 5.74) is 0.652. The molecule has 1 fully saturated rings. The third-order valence-electron chi connectivity index (χ3n) is 3.20. The number of amides is 2. The average Bonchev–Trinajstić information content (AvgIpc) is 2.27. The van der Waals surface area contributed by atoms with E-state index in [0.717, 1.165) is 6.42 Å². The molecule has 106 valence electrons. The number of imide groups is 1. The first-order chi connectivity index (χ1) is 8.92.